The fourth-order valence-electron chi connectivity index (χ4n) is 2.48. The standard InChI is InChI=1S/C16H17N3O/c17-13-6-7-16-15(9-13)18-11-19(16)14(10-20)8-12-4-2-1-3-5-12/h1-7,9,11,14,20H,8,10,17H2. The number of nitrogens with two attached hydrogens (primary N) is 1. The zero-order chi connectivity index (χ0) is 13.9. The number of nitrogens with zero attached hydrogens (tertiary/aromatic N) is 2. The van der Waals surface area contributed by atoms with E-state index < -0.39 is 0 Å². The number of benzene rings is 2. The van der Waals surface area contributed by atoms with Crippen LogP contribution in [0.4, 0.5) is 5.69 Å². The van der Waals surface area contributed by atoms with Gasteiger partial charge in [0.1, 0.15) is 0 Å². The maximum Gasteiger partial charge on any atom is 0.0961 e. The molecule has 0 aliphatic carbocycles. The molecule has 0 aliphatic heterocycles. The molecule has 102 valence electrons. The Balaban J connectivity index is 1.95. The van der Waals surface area contributed by atoms with Crippen molar-refractivity contribution in [3.05, 3.63) is 60.4 Å². The number of aromatic nitrogens is 2. The van der Waals surface area contributed by atoms with Crippen molar-refractivity contribution in [2.24, 2.45) is 0 Å². The van der Waals surface area contributed by atoms with Gasteiger partial charge in [-0.2, -0.15) is 0 Å². The van der Waals surface area contributed by atoms with Gasteiger partial charge in [0.25, 0.3) is 0 Å². The predicted molar refractivity (Wildman–Crippen MR) is 80.4 cm³/mol. The van der Waals surface area contributed by atoms with E-state index in [0.717, 1.165) is 17.5 Å². The van der Waals surface area contributed by atoms with E-state index in [1.165, 1.54) is 5.56 Å². The second kappa shape index (κ2) is 5.35. The summed E-state index contributed by atoms with van der Waals surface area (Å²) in [5.74, 6) is 0. The van der Waals surface area contributed by atoms with E-state index in [0.29, 0.717) is 5.69 Å². The van der Waals surface area contributed by atoms with Crippen LogP contribution in [0.1, 0.15) is 11.6 Å². The quantitative estimate of drug-likeness (QED) is 0.713. The zero-order valence-corrected chi connectivity index (χ0v) is 11.1. The number of hydrogen-bond acceptors (Lipinski definition) is 3. The Morgan fingerprint density at radius 1 is 1.15 bits per heavy atom. The third-order valence-corrected chi connectivity index (χ3v) is 3.52. The molecule has 0 radical (unpaired) electrons. The molecule has 0 aliphatic rings. The van der Waals surface area contributed by atoms with Crippen molar-refractivity contribution in [3.63, 3.8) is 0 Å². The maximum absolute atomic E-state index is 9.70. The van der Waals surface area contributed by atoms with Crippen molar-refractivity contribution >= 4 is 16.7 Å². The van der Waals surface area contributed by atoms with Crippen LogP contribution in [0.5, 0.6) is 0 Å². The van der Waals surface area contributed by atoms with E-state index in [1.807, 2.05) is 41.0 Å². The average Bonchev–Trinajstić information content (AvgIpc) is 2.88. The Morgan fingerprint density at radius 2 is 1.95 bits per heavy atom. The van der Waals surface area contributed by atoms with Crippen LogP contribution in [-0.2, 0) is 6.42 Å². The summed E-state index contributed by atoms with van der Waals surface area (Å²) in [6.07, 6.45) is 2.54. The van der Waals surface area contributed by atoms with Crippen LogP contribution in [-0.4, -0.2) is 21.3 Å². The Labute approximate surface area is 117 Å². The fourth-order valence-corrected chi connectivity index (χ4v) is 2.48. The molecule has 1 atom stereocenters. The number of imidazole rings is 1. The number of aliphatic hydroxyl groups is 1. The van der Waals surface area contributed by atoms with Crippen molar-refractivity contribution < 1.29 is 5.11 Å². The Hall–Kier alpha value is -2.33. The highest BCUT2D eigenvalue weighted by molar-refractivity contribution is 5.79. The van der Waals surface area contributed by atoms with Gasteiger partial charge in [0.2, 0.25) is 0 Å². The van der Waals surface area contributed by atoms with Gasteiger partial charge in [-0.05, 0) is 30.2 Å². The molecule has 4 nitrogen and oxygen atoms in total. The van der Waals surface area contributed by atoms with Crippen LogP contribution < -0.4 is 5.73 Å². The van der Waals surface area contributed by atoms with E-state index in [4.69, 9.17) is 5.73 Å². The van der Waals surface area contributed by atoms with Gasteiger partial charge in [-0.25, -0.2) is 4.98 Å². The SMILES string of the molecule is Nc1ccc2c(c1)ncn2C(CO)Cc1ccccc1. The highest BCUT2D eigenvalue weighted by atomic mass is 16.3. The number of rotatable bonds is 4. The van der Waals surface area contributed by atoms with Crippen LogP contribution in [0.25, 0.3) is 11.0 Å². The highest BCUT2D eigenvalue weighted by Gasteiger charge is 2.14. The normalized spacial score (nSPS) is 12.7. The molecule has 2 aromatic carbocycles. The van der Waals surface area contributed by atoms with Gasteiger partial charge in [-0.3, -0.25) is 0 Å². The molecule has 1 unspecified atom stereocenters. The molecule has 0 amide bonds. The molecule has 3 rings (SSSR count). The van der Waals surface area contributed by atoms with E-state index in [2.05, 4.69) is 17.1 Å². The Kier molecular flexibility index (Phi) is 3.39. The fraction of sp³-hybridized carbons (Fsp3) is 0.188. The largest absolute Gasteiger partial charge is 0.399 e. The Morgan fingerprint density at radius 3 is 2.70 bits per heavy atom. The van der Waals surface area contributed by atoms with Gasteiger partial charge in [0.15, 0.2) is 0 Å². The number of nitrogen functional groups attached to an aromatic ring is 1. The van der Waals surface area contributed by atoms with Crippen LogP contribution in [0.3, 0.4) is 0 Å². The molecule has 0 bridgehead atoms. The summed E-state index contributed by atoms with van der Waals surface area (Å²) in [7, 11) is 0. The van der Waals surface area contributed by atoms with Crippen molar-refractivity contribution in [2.75, 3.05) is 12.3 Å². The number of aliphatic hydroxyl groups excluding tert-OH is 1. The van der Waals surface area contributed by atoms with Gasteiger partial charge in [-0.15, -0.1) is 0 Å². The zero-order valence-electron chi connectivity index (χ0n) is 11.1. The summed E-state index contributed by atoms with van der Waals surface area (Å²) in [6.45, 7) is 0.0741. The predicted octanol–water partition coefficient (Wildman–Crippen LogP) is 2.39. The lowest BCUT2D eigenvalue weighted by atomic mass is 10.1. The second-order valence-corrected chi connectivity index (χ2v) is 4.93. The summed E-state index contributed by atoms with van der Waals surface area (Å²) in [5.41, 5.74) is 9.52. The molecule has 0 spiro atoms. The molecular formula is C16H17N3O. The number of fused-ring (bicyclic) bond motifs is 1. The first kappa shape index (κ1) is 12.7. The first-order valence-corrected chi connectivity index (χ1v) is 6.65. The van der Waals surface area contributed by atoms with Crippen molar-refractivity contribution in [1.29, 1.82) is 0 Å². The number of hydrogen-bond donors (Lipinski definition) is 2. The molecule has 3 N–H and O–H groups in total. The molecule has 4 heteroatoms. The molecule has 0 saturated carbocycles. The maximum atomic E-state index is 9.70. The first-order valence-electron chi connectivity index (χ1n) is 6.65. The molecule has 1 heterocycles. The van der Waals surface area contributed by atoms with Gasteiger partial charge >= 0.3 is 0 Å². The second-order valence-electron chi connectivity index (χ2n) is 4.93. The van der Waals surface area contributed by atoms with Gasteiger partial charge in [0, 0.05) is 5.69 Å². The van der Waals surface area contributed by atoms with Gasteiger partial charge in [0.05, 0.1) is 30.0 Å². The van der Waals surface area contributed by atoms with Crippen molar-refractivity contribution in [1.82, 2.24) is 9.55 Å². The van der Waals surface area contributed by atoms with Gasteiger partial charge in [-0.1, -0.05) is 30.3 Å². The summed E-state index contributed by atoms with van der Waals surface area (Å²) >= 11 is 0. The molecule has 0 fully saturated rings. The smallest absolute Gasteiger partial charge is 0.0961 e. The Bertz CT molecular complexity index is 706. The van der Waals surface area contributed by atoms with Crippen molar-refractivity contribution in [2.45, 2.75) is 12.5 Å². The van der Waals surface area contributed by atoms with E-state index >= 15 is 0 Å². The average molecular weight is 267 g/mol. The van der Waals surface area contributed by atoms with Gasteiger partial charge < -0.3 is 15.4 Å². The molecule has 0 saturated heterocycles. The molecule has 3 aromatic rings. The third-order valence-electron chi connectivity index (χ3n) is 3.52. The van der Waals surface area contributed by atoms with Crippen LogP contribution in [0.2, 0.25) is 0 Å². The number of anilines is 1. The summed E-state index contributed by atoms with van der Waals surface area (Å²) in [6, 6.07) is 15.8. The summed E-state index contributed by atoms with van der Waals surface area (Å²) < 4.78 is 2.02. The molecule has 20 heavy (non-hydrogen) atoms. The van der Waals surface area contributed by atoms with Crippen LogP contribution >= 0.6 is 0 Å². The minimum absolute atomic E-state index is 0.0222. The first-order chi connectivity index (χ1) is 9.78. The van der Waals surface area contributed by atoms with E-state index in [-0.39, 0.29) is 12.6 Å². The molecule has 1 aromatic heterocycles. The monoisotopic (exact) mass is 267 g/mol. The van der Waals surface area contributed by atoms with Crippen LogP contribution in [0.15, 0.2) is 54.9 Å². The lowest BCUT2D eigenvalue weighted by Gasteiger charge is -2.17. The van der Waals surface area contributed by atoms with Crippen molar-refractivity contribution in [3.8, 4) is 0 Å². The minimum Gasteiger partial charge on any atom is -0.399 e. The highest BCUT2D eigenvalue weighted by Crippen LogP contribution is 2.22. The lowest BCUT2D eigenvalue weighted by Crippen LogP contribution is -2.15. The summed E-state index contributed by atoms with van der Waals surface area (Å²) in [4.78, 5) is 4.36. The lowest BCUT2D eigenvalue weighted by molar-refractivity contribution is 0.230. The summed E-state index contributed by atoms with van der Waals surface area (Å²) in [5, 5.41) is 9.70. The molecular weight excluding hydrogens is 250 g/mol. The van der Waals surface area contributed by atoms with E-state index in [9.17, 15) is 5.11 Å². The van der Waals surface area contributed by atoms with E-state index in [1.54, 1.807) is 6.33 Å². The van der Waals surface area contributed by atoms with Crippen LogP contribution in [0, 0.1) is 0 Å². The minimum atomic E-state index is -0.0222. The third kappa shape index (κ3) is 2.38. The topological polar surface area (TPSA) is 64.1 Å².